The molecule has 0 spiro atoms. The minimum absolute atomic E-state index is 0.270. The lowest BCUT2D eigenvalue weighted by Crippen LogP contribution is -2.13. The smallest absolute Gasteiger partial charge is 0.406 e. The van der Waals surface area contributed by atoms with Crippen LogP contribution in [-0.4, -0.2) is 14.7 Å². The molecular formula is C7H5ClN2O3. The molecule has 0 amide bonds. The summed E-state index contributed by atoms with van der Waals surface area (Å²) in [6.07, 6.45) is 1.38. The zero-order valence-corrected chi connectivity index (χ0v) is 7.15. The topological polar surface area (TPSA) is 68.3 Å². The lowest BCUT2D eigenvalue weighted by molar-refractivity contribution is 0.204. The van der Waals surface area contributed by atoms with Crippen LogP contribution in [0.5, 0.6) is 0 Å². The number of aliphatic hydroxyl groups is 1. The van der Waals surface area contributed by atoms with Gasteiger partial charge in [0.2, 0.25) is 0 Å². The van der Waals surface area contributed by atoms with E-state index in [1.165, 1.54) is 12.3 Å². The van der Waals surface area contributed by atoms with Gasteiger partial charge in [-0.15, -0.1) is 0 Å². The van der Waals surface area contributed by atoms with E-state index in [0.29, 0.717) is 5.02 Å². The fourth-order valence-electron chi connectivity index (χ4n) is 1.05. The van der Waals surface area contributed by atoms with Crippen LogP contribution >= 0.6 is 11.6 Å². The van der Waals surface area contributed by atoms with Crippen LogP contribution in [0.25, 0.3) is 11.2 Å². The van der Waals surface area contributed by atoms with Crippen molar-refractivity contribution in [1.29, 1.82) is 0 Å². The summed E-state index contributed by atoms with van der Waals surface area (Å²) in [7, 11) is 0. The number of aliphatic hydroxyl groups excluding tert-OH is 1. The molecule has 0 unspecified atom stereocenters. The normalized spacial score (nSPS) is 10.9. The number of oxazole rings is 1. The third-order valence-corrected chi connectivity index (χ3v) is 1.82. The molecule has 68 valence electrons. The fraction of sp³-hybridized carbons (Fsp3) is 0.143. The van der Waals surface area contributed by atoms with Crippen molar-refractivity contribution < 1.29 is 9.52 Å². The van der Waals surface area contributed by atoms with E-state index in [1.807, 2.05) is 0 Å². The van der Waals surface area contributed by atoms with Gasteiger partial charge in [0.15, 0.2) is 11.2 Å². The standard InChI is InChI=1S/C7H5ClN2O3/c8-4-1-5-6(9-2-4)10(3-11)7(12)13-5/h1-2,11H,3H2. The average molecular weight is 201 g/mol. The van der Waals surface area contributed by atoms with Gasteiger partial charge < -0.3 is 9.52 Å². The maximum Gasteiger partial charge on any atom is 0.423 e. The van der Waals surface area contributed by atoms with Gasteiger partial charge in [0.25, 0.3) is 0 Å². The molecule has 0 aliphatic heterocycles. The molecule has 2 aromatic rings. The van der Waals surface area contributed by atoms with Crippen molar-refractivity contribution in [3.8, 4) is 0 Å². The molecule has 0 bridgehead atoms. The Bertz CT molecular complexity index is 502. The lowest BCUT2D eigenvalue weighted by Gasteiger charge is -1.92. The molecule has 2 aromatic heterocycles. The summed E-state index contributed by atoms with van der Waals surface area (Å²) >= 11 is 5.63. The Morgan fingerprint density at radius 3 is 3.15 bits per heavy atom. The Kier molecular flexibility index (Phi) is 1.82. The summed E-state index contributed by atoms with van der Waals surface area (Å²) in [5.41, 5.74) is 0.559. The molecule has 0 aromatic carbocycles. The van der Waals surface area contributed by atoms with Crippen LogP contribution in [0.2, 0.25) is 5.02 Å². The second-order valence-corrected chi connectivity index (χ2v) is 2.85. The molecule has 5 nitrogen and oxygen atoms in total. The van der Waals surface area contributed by atoms with Gasteiger partial charge >= 0.3 is 5.76 Å². The van der Waals surface area contributed by atoms with Crippen LogP contribution in [0.4, 0.5) is 0 Å². The van der Waals surface area contributed by atoms with Crippen molar-refractivity contribution in [3.63, 3.8) is 0 Å². The second kappa shape index (κ2) is 2.86. The van der Waals surface area contributed by atoms with Gasteiger partial charge in [0.1, 0.15) is 6.73 Å². The van der Waals surface area contributed by atoms with E-state index < -0.39 is 12.5 Å². The summed E-state index contributed by atoms with van der Waals surface area (Å²) in [4.78, 5) is 14.9. The minimum atomic E-state index is -0.646. The van der Waals surface area contributed by atoms with Gasteiger partial charge in [-0.1, -0.05) is 11.6 Å². The van der Waals surface area contributed by atoms with E-state index in [-0.39, 0.29) is 11.2 Å². The van der Waals surface area contributed by atoms with Gasteiger partial charge in [0.05, 0.1) is 5.02 Å². The molecule has 2 heterocycles. The Hall–Kier alpha value is -1.33. The highest BCUT2D eigenvalue weighted by Gasteiger charge is 2.09. The maximum atomic E-state index is 11.0. The van der Waals surface area contributed by atoms with Crippen LogP contribution in [-0.2, 0) is 6.73 Å². The van der Waals surface area contributed by atoms with Crippen LogP contribution in [0, 0.1) is 0 Å². The Balaban J connectivity index is 2.87. The number of rotatable bonds is 1. The molecule has 0 aliphatic rings. The van der Waals surface area contributed by atoms with Crippen molar-refractivity contribution in [2.24, 2.45) is 0 Å². The maximum absolute atomic E-state index is 11.0. The highest BCUT2D eigenvalue weighted by Crippen LogP contribution is 2.14. The van der Waals surface area contributed by atoms with Crippen molar-refractivity contribution in [1.82, 2.24) is 9.55 Å². The molecule has 2 rings (SSSR count). The van der Waals surface area contributed by atoms with E-state index in [9.17, 15) is 4.79 Å². The molecule has 0 saturated carbocycles. The first-order chi connectivity index (χ1) is 6.22. The average Bonchev–Trinajstić information content (AvgIpc) is 2.39. The van der Waals surface area contributed by atoms with E-state index in [4.69, 9.17) is 21.1 Å². The van der Waals surface area contributed by atoms with E-state index >= 15 is 0 Å². The molecular weight excluding hydrogens is 196 g/mol. The van der Waals surface area contributed by atoms with Gasteiger partial charge in [-0.3, -0.25) is 0 Å². The van der Waals surface area contributed by atoms with Crippen LogP contribution in [0.3, 0.4) is 0 Å². The summed E-state index contributed by atoms with van der Waals surface area (Å²) < 4.78 is 5.78. The predicted molar refractivity (Wildman–Crippen MR) is 45.5 cm³/mol. The number of aromatic nitrogens is 2. The Morgan fingerprint density at radius 2 is 2.46 bits per heavy atom. The summed E-state index contributed by atoms with van der Waals surface area (Å²) in [5, 5.41) is 9.19. The monoisotopic (exact) mass is 200 g/mol. The summed E-state index contributed by atoms with van der Waals surface area (Å²) in [6.45, 7) is -0.458. The molecule has 0 saturated heterocycles. The van der Waals surface area contributed by atoms with Crippen molar-refractivity contribution in [3.05, 3.63) is 27.8 Å². The first-order valence-electron chi connectivity index (χ1n) is 3.48. The van der Waals surface area contributed by atoms with Crippen molar-refractivity contribution >= 4 is 22.8 Å². The van der Waals surface area contributed by atoms with Crippen molar-refractivity contribution in [2.75, 3.05) is 0 Å². The number of hydrogen-bond donors (Lipinski definition) is 1. The van der Waals surface area contributed by atoms with Crippen molar-refractivity contribution in [2.45, 2.75) is 6.73 Å². The molecule has 0 atom stereocenters. The van der Waals surface area contributed by atoms with E-state index in [0.717, 1.165) is 4.57 Å². The third-order valence-electron chi connectivity index (χ3n) is 1.61. The molecule has 1 N–H and O–H groups in total. The predicted octanol–water partition coefficient (Wildman–Crippen LogP) is 0.593. The summed E-state index contributed by atoms with van der Waals surface area (Å²) in [5.74, 6) is -0.646. The zero-order chi connectivity index (χ0) is 9.42. The van der Waals surface area contributed by atoms with Gasteiger partial charge in [0, 0.05) is 12.3 Å². The second-order valence-electron chi connectivity index (χ2n) is 2.41. The van der Waals surface area contributed by atoms with Crippen LogP contribution < -0.4 is 5.76 Å². The minimum Gasteiger partial charge on any atom is -0.406 e. The summed E-state index contributed by atoms with van der Waals surface area (Å²) in [6, 6.07) is 1.47. The highest BCUT2D eigenvalue weighted by atomic mass is 35.5. The quantitative estimate of drug-likeness (QED) is 0.732. The van der Waals surface area contributed by atoms with Gasteiger partial charge in [-0.2, -0.15) is 0 Å². The van der Waals surface area contributed by atoms with E-state index in [2.05, 4.69) is 4.98 Å². The number of fused-ring (bicyclic) bond motifs is 1. The largest absolute Gasteiger partial charge is 0.423 e. The molecule has 13 heavy (non-hydrogen) atoms. The van der Waals surface area contributed by atoms with Gasteiger partial charge in [-0.25, -0.2) is 14.3 Å². The molecule has 0 fully saturated rings. The number of nitrogens with zero attached hydrogens (tertiary/aromatic N) is 2. The first kappa shape index (κ1) is 8.28. The fourth-order valence-corrected chi connectivity index (χ4v) is 1.20. The zero-order valence-electron chi connectivity index (χ0n) is 6.40. The highest BCUT2D eigenvalue weighted by molar-refractivity contribution is 6.30. The first-order valence-corrected chi connectivity index (χ1v) is 3.86. The molecule has 0 radical (unpaired) electrons. The third kappa shape index (κ3) is 1.22. The van der Waals surface area contributed by atoms with E-state index in [1.54, 1.807) is 0 Å². The number of hydrogen-bond acceptors (Lipinski definition) is 4. The van der Waals surface area contributed by atoms with Crippen LogP contribution in [0.15, 0.2) is 21.5 Å². The SMILES string of the molecule is O=c1oc2cc(Cl)cnc2n1CO. The van der Waals surface area contributed by atoms with Gasteiger partial charge in [-0.05, 0) is 0 Å². The van der Waals surface area contributed by atoms with Crippen LogP contribution in [0.1, 0.15) is 0 Å². The molecule has 6 heteroatoms. The Morgan fingerprint density at radius 1 is 1.69 bits per heavy atom. The lowest BCUT2D eigenvalue weighted by atomic mass is 10.4. The Labute approximate surface area is 77.2 Å². The number of pyridine rings is 1. The number of halogens is 1. The molecule has 0 aliphatic carbocycles.